The molecule has 2 nitrogen and oxygen atoms in total. The van der Waals surface area contributed by atoms with E-state index in [9.17, 15) is 4.79 Å². The molecule has 1 rings (SSSR count). The van der Waals surface area contributed by atoms with E-state index in [0.717, 1.165) is 24.2 Å². The maximum absolute atomic E-state index is 11.5. The number of rotatable bonds is 5. The number of hydrogen-bond acceptors (Lipinski definition) is 3. The van der Waals surface area contributed by atoms with E-state index in [1.807, 2.05) is 30.3 Å². The zero-order valence-electron chi connectivity index (χ0n) is 8.11. The largest absolute Gasteiger partial charge is 0.330 e. The first-order valence-electron chi connectivity index (χ1n) is 4.77. The van der Waals surface area contributed by atoms with Crippen LogP contribution in [-0.2, 0) is 0 Å². The van der Waals surface area contributed by atoms with Crippen molar-refractivity contribution in [1.29, 1.82) is 0 Å². The van der Waals surface area contributed by atoms with Crippen molar-refractivity contribution in [2.24, 2.45) is 5.73 Å². The van der Waals surface area contributed by atoms with Crippen LogP contribution in [0, 0.1) is 0 Å². The first-order valence-corrected chi connectivity index (χ1v) is 5.75. The molecule has 0 saturated carbocycles. The van der Waals surface area contributed by atoms with Crippen LogP contribution < -0.4 is 5.73 Å². The highest BCUT2D eigenvalue weighted by atomic mass is 32.2. The smallest absolute Gasteiger partial charge is 0.219 e. The van der Waals surface area contributed by atoms with Gasteiger partial charge in [-0.05, 0) is 19.4 Å². The van der Waals surface area contributed by atoms with Crippen LogP contribution in [0.2, 0.25) is 0 Å². The van der Waals surface area contributed by atoms with Crippen LogP contribution in [-0.4, -0.2) is 17.4 Å². The Kier molecular flexibility index (Phi) is 5.33. The molecule has 0 spiro atoms. The molecule has 14 heavy (non-hydrogen) atoms. The van der Waals surface area contributed by atoms with Gasteiger partial charge in [-0.15, -0.1) is 0 Å². The Morgan fingerprint density at radius 1 is 1.21 bits per heavy atom. The minimum absolute atomic E-state index is 0.155. The molecule has 0 saturated heterocycles. The Balaban J connectivity index is 2.29. The van der Waals surface area contributed by atoms with Gasteiger partial charge in [-0.3, -0.25) is 4.79 Å². The fourth-order valence-electron chi connectivity index (χ4n) is 1.07. The first-order chi connectivity index (χ1) is 6.84. The third kappa shape index (κ3) is 3.94. The summed E-state index contributed by atoms with van der Waals surface area (Å²) in [5.74, 6) is 0.866. The summed E-state index contributed by atoms with van der Waals surface area (Å²) in [6.07, 6.45) is 2.01. The second-order valence-electron chi connectivity index (χ2n) is 3.00. The highest BCUT2D eigenvalue weighted by Gasteiger charge is 2.04. The Hall–Kier alpha value is -0.800. The topological polar surface area (TPSA) is 43.1 Å². The number of thioether (sulfide) groups is 1. The van der Waals surface area contributed by atoms with Gasteiger partial charge in [-0.25, -0.2) is 0 Å². The molecule has 3 heteroatoms. The lowest BCUT2D eigenvalue weighted by atomic mass is 10.2. The maximum atomic E-state index is 11.5. The molecule has 0 heterocycles. The molecule has 1 aromatic carbocycles. The molecule has 1 aromatic rings. The maximum Gasteiger partial charge on any atom is 0.219 e. The third-order valence-corrected chi connectivity index (χ3v) is 2.83. The van der Waals surface area contributed by atoms with Gasteiger partial charge in [0, 0.05) is 11.3 Å². The van der Waals surface area contributed by atoms with Crippen molar-refractivity contribution in [3.05, 3.63) is 35.9 Å². The summed E-state index contributed by atoms with van der Waals surface area (Å²) >= 11 is 1.37. The second kappa shape index (κ2) is 6.62. The number of nitrogens with two attached hydrogens (primary N) is 1. The van der Waals surface area contributed by atoms with Crippen molar-refractivity contribution in [2.45, 2.75) is 12.8 Å². The molecule has 76 valence electrons. The van der Waals surface area contributed by atoms with E-state index >= 15 is 0 Å². The monoisotopic (exact) mass is 209 g/mol. The lowest BCUT2D eigenvalue weighted by Gasteiger charge is -1.99. The average molecular weight is 209 g/mol. The van der Waals surface area contributed by atoms with Crippen molar-refractivity contribution in [3.8, 4) is 0 Å². The van der Waals surface area contributed by atoms with E-state index in [1.54, 1.807) is 0 Å². The number of carbonyl (C=O) groups excluding carboxylic acids is 1. The highest BCUT2D eigenvalue weighted by molar-refractivity contribution is 8.14. The molecular formula is C11H15NOS. The summed E-state index contributed by atoms with van der Waals surface area (Å²) in [7, 11) is 0. The Morgan fingerprint density at radius 2 is 1.93 bits per heavy atom. The van der Waals surface area contributed by atoms with E-state index in [0.29, 0.717) is 6.54 Å². The van der Waals surface area contributed by atoms with Gasteiger partial charge in [-0.1, -0.05) is 42.1 Å². The second-order valence-corrected chi connectivity index (χ2v) is 4.07. The van der Waals surface area contributed by atoms with Gasteiger partial charge in [0.25, 0.3) is 0 Å². The molecule has 0 unspecified atom stereocenters. The molecule has 0 aliphatic rings. The van der Waals surface area contributed by atoms with Gasteiger partial charge in [0.05, 0.1) is 0 Å². The summed E-state index contributed by atoms with van der Waals surface area (Å²) in [6.45, 7) is 0.708. The van der Waals surface area contributed by atoms with Gasteiger partial charge in [0.2, 0.25) is 5.12 Å². The van der Waals surface area contributed by atoms with Crippen LogP contribution in [0.25, 0.3) is 0 Å². The van der Waals surface area contributed by atoms with E-state index in [-0.39, 0.29) is 5.12 Å². The van der Waals surface area contributed by atoms with Gasteiger partial charge in [0.1, 0.15) is 0 Å². The molecule has 0 radical (unpaired) electrons. The molecule has 0 aliphatic heterocycles. The van der Waals surface area contributed by atoms with Crippen molar-refractivity contribution in [2.75, 3.05) is 12.3 Å². The van der Waals surface area contributed by atoms with Crippen molar-refractivity contribution < 1.29 is 4.79 Å². The predicted molar refractivity (Wildman–Crippen MR) is 61.5 cm³/mol. The van der Waals surface area contributed by atoms with Gasteiger partial charge in [0.15, 0.2) is 0 Å². The summed E-state index contributed by atoms with van der Waals surface area (Å²) in [5.41, 5.74) is 6.14. The van der Waals surface area contributed by atoms with Crippen LogP contribution in [0.3, 0.4) is 0 Å². The van der Waals surface area contributed by atoms with Crippen molar-refractivity contribution in [1.82, 2.24) is 0 Å². The van der Waals surface area contributed by atoms with Crippen molar-refractivity contribution in [3.63, 3.8) is 0 Å². The molecule has 0 aliphatic carbocycles. The lowest BCUT2D eigenvalue weighted by Crippen LogP contribution is -2.00. The third-order valence-electron chi connectivity index (χ3n) is 1.84. The Bertz CT molecular complexity index is 274. The zero-order valence-corrected chi connectivity index (χ0v) is 8.93. The van der Waals surface area contributed by atoms with Crippen molar-refractivity contribution >= 4 is 16.9 Å². The SMILES string of the molecule is NCCCCSC(=O)c1ccccc1. The van der Waals surface area contributed by atoms with E-state index in [2.05, 4.69) is 0 Å². The Labute approximate surface area is 88.9 Å². The molecular weight excluding hydrogens is 194 g/mol. The molecule has 0 atom stereocenters. The van der Waals surface area contributed by atoms with E-state index in [1.165, 1.54) is 11.8 Å². The minimum Gasteiger partial charge on any atom is -0.330 e. The summed E-state index contributed by atoms with van der Waals surface area (Å²) in [4.78, 5) is 11.5. The Morgan fingerprint density at radius 3 is 2.57 bits per heavy atom. The van der Waals surface area contributed by atoms with Gasteiger partial charge >= 0.3 is 0 Å². The summed E-state index contributed by atoms with van der Waals surface area (Å²) in [5, 5.41) is 0.155. The molecule has 0 amide bonds. The number of benzene rings is 1. The normalized spacial score (nSPS) is 10.1. The summed E-state index contributed by atoms with van der Waals surface area (Å²) < 4.78 is 0. The van der Waals surface area contributed by atoms with Crippen LogP contribution in [0.5, 0.6) is 0 Å². The fraction of sp³-hybridized carbons (Fsp3) is 0.364. The fourth-order valence-corrected chi connectivity index (χ4v) is 1.91. The molecule has 0 bridgehead atoms. The first kappa shape index (κ1) is 11.3. The standard InChI is InChI=1S/C11H15NOS/c12-8-4-5-9-14-11(13)10-6-2-1-3-7-10/h1-3,6-7H,4-5,8-9,12H2. The van der Waals surface area contributed by atoms with Crippen LogP contribution >= 0.6 is 11.8 Å². The van der Waals surface area contributed by atoms with Gasteiger partial charge in [-0.2, -0.15) is 0 Å². The van der Waals surface area contributed by atoms with Gasteiger partial charge < -0.3 is 5.73 Å². The lowest BCUT2D eigenvalue weighted by molar-refractivity contribution is 0.108. The molecule has 0 fully saturated rings. The number of carbonyl (C=O) groups is 1. The summed E-state index contributed by atoms with van der Waals surface area (Å²) in [6, 6.07) is 9.37. The zero-order chi connectivity index (χ0) is 10.2. The minimum atomic E-state index is 0.155. The van der Waals surface area contributed by atoms with Crippen LogP contribution in [0.15, 0.2) is 30.3 Å². The number of hydrogen-bond donors (Lipinski definition) is 1. The quantitative estimate of drug-likeness (QED) is 0.757. The van der Waals surface area contributed by atoms with Crippen LogP contribution in [0.1, 0.15) is 23.2 Å². The van der Waals surface area contributed by atoms with E-state index < -0.39 is 0 Å². The van der Waals surface area contributed by atoms with E-state index in [4.69, 9.17) is 5.73 Å². The average Bonchev–Trinajstić information content (AvgIpc) is 2.25. The van der Waals surface area contributed by atoms with Crippen LogP contribution in [0.4, 0.5) is 0 Å². The number of unbranched alkanes of at least 4 members (excludes halogenated alkanes) is 1. The predicted octanol–water partition coefficient (Wildman–Crippen LogP) is 2.30. The molecule has 0 aromatic heterocycles. The molecule has 2 N–H and O–H groups in total. The highest BCUT2D eigenvalue weighted by Crippen LogP contribution is 2.13.